The van der Waals surface area contributed by atoms with Gasteiger partial charge in [0.25, 0.3) is 5.91 Å². The Bertz CT molecular complexity index is 1220. The molecule has 166 valence electrons. The molecule has 0 saturated carbocycles. The molecule has 7 heteroatoms. The molecule has 0 spiro atoms. The second-order valence-electron chi connectivity index (χ2n) is 7.47. The van der Waals surface area contributed by atoms with Crippen LogP contribution < -0.4 is 4.74 Å². The number of hydrogen-bond acceptors (Lipinski definition) is 5. The average Bonchev–Trinajstić information content (AvgIpc) is 3.09. The maximum Gasteiger partial charge on any atom is 0.341 e. The van der Waals surface area contributed by atoms with Gasteiger partial charge in [-0.15, -0.1) is 0 Å². The van der Waals surface area contributed by atoms with Gasteiger partial charge in [0.2, 0.25) is 0 Å². The van der Waals surface area contributed by atoms with Crippen LogP contribution in [0.25, 0.3) is 6.08 Å². The number of amides is 1. The third-order valence-corrected chi connectivity index (χ3v) is 5.86. The number of aryl methyl sites for hydroxylation is 1. The highest BCUT2D eigenvalue weighted by molar-refractivity contribution is 8.18. The Balaban J connectivity index is 1.64. The van der Waals surface area contributed by atoms with Gasteiger partial charge in [-0.1, -0.05) is 60.2 Å². The standard InChI is InChI=1S/C26H22N2O4S/c1-18-10-12-21(13-11-18)27-26-28(16-19-6-3-2-4-7-19)25(31)23(33-26)15-20-8-5-9-22(14-20)32-17-24(29)30/h2-15H,16-17H2,1H3,(H,29,30)/b23-15+,27-26?. The van der Waals surface area contributed by atoms with Crippen LogP contribution in [0.2, 0.25) is 0 Å². The monoisotopic (exact) mass is 458 g/mol. The molecule has 33 heavy (non-hydrogen) atoms. The van der Waals surface area contributed by atoms with Gasteiger partial charge in [0.05, 0.1) is 17.1 Å². The molecule has 1 amide bonds. The minimum absolute atomic E-state index is 0.133. The SMILES string of the molecule is Cc1ccc(N=C2S/C(=C/c3cccc(OCC(=O)O)c3)C(=O)N2Cc2ccccc2)cc1. The van der Waals surface area contributed by atoms with E-state index in [0.717, 1.165) is 22.4 Å². The lowest BCUT2D eigenvalue weighted by Gasteiger charge is -2.15. The van der Waals surface area contributed by atoms with Crippen LogP contribution in [-0.4, -0.2) is 33.7 Å². The number of carboxylic acids is 1. The zero-order chi connectivity index (χ0) is 23.2. The number of aliphatic carboxylic acids is 1. The Labute approximate surface area is 196 Å². The first-order valence-electron chi connectivity index (χ1n) is 10.3. The predicted octanol–water partition coefficient (Wildman–Crippen LogP) is 5.26. The number of nitrogens with zero attached hydrogens (tertiary/aromatic N) is 2. The summed E-state index contributed by atoms with van der Waals surface area (Å²) in [5.74, 6) is -0.753. The van der Waals surface area contributed by atoms with E-state index in [-0.39, 0.29) is 5.91 Å². The third-order valence-electron chi connectivity index (χ3n) is 4.85. The van der Waals surface area contributed by atoms with Crippen molar-refractivity contribution in [3.63, 3.8) is 0 Å². The maximum absolute atomic E-state index is 13.3. The van der Waals surface area contributed by atoms with E-state index >= 15 is 0 Å². The molecular formula is C26H22N2O4S. The summed E-state index contributed by atoms with van der Waals surface area (Å²) in [5, 5.41) is 9.43. The van der Waals surface area contributed by atoms with Gasteiger partial charge in [0, 0.05) is 0 Å². The number of carboxylic acid groups (broad SMARTS) is 1. The van der Waals surface area contributed by atoms with Crippen molar-refractivity contribution in [2.45, 2.75) is 13.5 Å². The van der Waals surface area contributed by atoms with E-state index in [9.17, 15) is 9.59 Å². The Hall–Kier alpha value is -3.84. The first-order chi connectivity index (χ1) is 16.0. The van der Waals surface area contributed by atoms with Gasteiger partial charge < -0.3 is 9.84 Å². The van der Waals surface area contributed by atoms with Crippen molar-refractivity contribution in [3.8, 4) is 5.75 Å². The van der Waals surface area contributed by atoms with Crippen molar-refractivity contribution in [2.75, 3.05) is 6.61 Å². The van der Waals surface area contributed by atoms with Crippen molar-refractivity contribution in [2.24, 2.45) is 4.99 Å². The predicted molar refractivity (Wildman–Crippen MR) is 130 cm³/mol. The molecule has 1 saturated heterocycles. The summed E-state index contributed by atoms with van der Waals surface area (Å²) in [7, 11) is 0. The maximum atomic E-state index is 13.3. The van der Waals surface area contributed by atoms with E-state index in [0.29, 0.717) is 22.4 Å². The lowest BCUT2D eigenvalue weighted by atomic mass is 10.2. The van der Waals surface area contributed by atoms with Crippen molar-refractivity contribution in [3.05, 3.63) is 100 Å². The van der Waals surface area contributed by atoms with E-state index in [1.54, 1.807) is 29.2 Å². The lowest BCUT2D eigenvalue weighted by Crippen LogP contribution is -2.28. The van der Waals surface area contributed by atoms with Crippen LogP contribution in [0, 0.1) is 6.92 Å². The van der Waals surface area contributed by atoms with Crippen LogP contribution in [0.4, 0.5) is 5.69 Å². The first-order valence-corrected chi connectivity index (χ1v) is 11.1. The number of ether oxygens (including phenoxy) is 1. The van der Waals surface area contributed by atoms with Gasteiger partial charge in [0.15, 0.2) is 11.8 Å². The van der Waals surface area contributed by atoms with Gasteiger partial charge >= 0.3 is 5.97 Å². The Kier molecular flexibility index (Phi) is 6.90. The largest absolute Gasteiger partial charge is 0.482 e. The molecular weight excluding hydrogens is 436 g/mol. The number of aliphatic imine (C=N–C) groups is 1. The minimum Gasteiger partial charge on any atom is -0.482 e. The first kappa shape index (κ1) is 22.4. The second-order valence-corrected chi connectivity index (χ2v) is 8.48. The van der Waals surface area contributed by atoms with Crippen LogP contribution in [0.5, 0.6) is 5.75 Å². The normalized spacial score (nSPS) is 15.9. The fourth-order valence-electron chi connectivity index (χ4n) is 3.22. The summed E-state index contributed by atoms with van der Waals surface area (Å²) in [6, 6.07) is 24.6. The molecule has 0 unspecified atom stereocenters. The number of benzene rings is 3. The summed E-state index contributed by atoms with van der Waals surface area (Å²) < 4.78 is 5.25. The summed E-state index contributed by atoms with van der Waals surface area (Å²) in [4.78, 5) is 31.0. The van der Waals surface area contributed by atoms with E-state index in [1.807, 2.05) is 67.6 Å². The summed E-state index contributed by atoms with van der Waals surface area (Å²) in [6.07, 6.45) is 1.77. The molecule has 6 nitrogen and oxygen atoms in total. The van der Waals surface area contributed by atoms with Crippen LogP contribution >= 0.6 is 11.8 Å². The molecule has 4 rings (SSSR count). The highest BCUT2D eigenvalue weighted by atomic mass is 32.2. The number of rotatable bonds is 7. The highest BCUT2D eigenvalue weighted by Crippen LogP contribution is 2.35. The van der Waals surface area contributed by atoms with Crippen LogP contribution in [-0.2, 0) is 16.1 Å². The lowest BCUT2D eigenvalue weighted by molar-refractivity contribution is -0.139. The number of carbonyl (C=O) groups excluding carboxylic acids is 1. The summed E-state index contributed by atoms with van der Waals surface area (Å²) in [6.45, 7) is 2.00. The molecule has 0 aliphatic carbocycles. The van der Waals surface area contributed by atoms with Gasteiger partial charge in [-0.05, 0) is 60.2 Å². The summed E-state index contributed by atoms with van der Waals surface area (Å²) >= 11 is 1.32. The molecule has 1 N–H and O–H groups in total. The third kappa shape index (κ3) is 5.90. The van der Waals surface area contributed by atoms with Crippen molar-refractivity contribution < 1.29 is 19.4 Å². The van der Waals surface area contributed by atoms with E-state index in [4.69, 9.17) is 14.8 Å². The summed E-state index contributed by atoms with van der Waals surface area (Å²) in [5.41, 5.74) is 3.67. The van der Waals surface area contributed by atoms with Crippen LogP contribution in [0.3, 0.4) is 0 Å². The van der Waals surface area contributed by atoms with Gasteiger partial charge in [-0.25, -0.2) is 9.79 Å². The molecule has 0 radical (unpaired) electrons. The fraction of sp³-hybridized carbons (Fsp3) is 0.115. The molecule has 1 aliphatic heterocycles. The second kappa shape index (κ2) is 10.2. The van der Waals surface area contributed by atoms with Crippen LogP contribution in [0.15, 0.2) is 88.8 Å². The zero-order valence-electron chi connectivity index (χ0n) is 18.0. The quantitative estimate of drug-likeness (QED) is 0.489. The Morgan fingerprint density at radius 1 is 1.06 bits per heavy atom. The van der Waals surface area contributed by atoms with Gasteiger partial charge in [-0.3, -0.25) is 9.69 Å². The molecule has 3 aromatic carbocycles. The van der Waals surface area contributed by atoms with Crippen LogP contribution in [0.1, 0.15) is 16.7 Å². The van der Waals surface area contributed by atoms with Crippen molar-refractivity contribution in [1.29, 1.82) is 0 Å². The number of amidine groups is 1. The number of thioether (sulfide) groups is 1. The molecule has 0 atom stereocenters. The van der Waals surface area contributed by atoms with E-state index in [1.165, 1.54) is 11.8 Å². The topological polar surface area (TPSA) is 79.2 Å². The van der Waals surface area contributed by atoms with E-state index in [2.05, 4.69) is 0 Å². The molecule has 0 aromatic heterocycles. The Morgan fingerprint density at radius 3 is 2.55 bits per heavy atom. The number of carbonyl (C=O) groups is 2. The average molecular weight is 459 g/mol. The smallest absolute Gasteiger partial charge is 0.341 e. The molecule has 1 heterocycles. The fourth-order valence-corrected chi connectivity index (χ4v) is 4.22. The van der Waals surface area contributed by atoms with E-state index < -0.39 is 12.6 Å². The molecule has 1 aliphatic rings. The highest BCUT2D eigenvalue weighted by Gasteiger charge is 2.33. The zero-order valence-corrected chi connectivity index (χ0v) is 18.8. The number of hydrogen-bond donors (Lipinski definition) is 1. The molecule has 3 aromatic rings. The molecule has 1 fully saturated rings. The van der Waals surface area contributed by atoms with Crippen molar-refractivity contribution in [1.82, 2.24) is 4.90 Å². The Morgan fingerprint density at radius 2 is 1.82 bits per heavy atom. The van der Waals surface area contributed by atoms with Gasteiger partial charge in [-0.2, -0.15) is 0 Å². The van der Waals surface area contributed by atoms with Crippen molar-refractivity contribution >= 4 is 40.6 Å². The van der Waals surface area contributed by atoms with Gasteiger partial charge in [0.1, 0.15) is 5.75 Å². The molecule has 0 bridgehead atoms. The minimum atomic E-state index is -1.05.